The zero-order valence-electron chi connectivity index (χ0n) is 12.2. The maximum Gasteiger partial charge on any atom is 0.253 e. The first-order valence-corrected chi connectivity index (χ1v) is 8.33. The Kier molecular flexibility index (Phi) is 4.36. The number of aliphatic hydroxyl groups is 1. The Hall–Kier alpha value is -1.59. The lowest BCUT2D eigenvalue weighted by Gasteiger charge is -2.28. The molecule has 4 nitrogen and oxygen atoms in total. The zero-order valence-corrected chi connectivity index (χ0v) is 13.8. The maximum absolute atomic E-state index is 12.6. The van der Waals surface area contributed by atoms with Crippen molar-refractivity contribution < 1.29 is 9.90 Å². The minimum atomic E-state index is -0.470. The largest absolute Gasteiger partial charge is 0.398 e. The number of fused-ring (bicyclic) bond motifs is 1. The second-order valence-electron chi connectivity index (χ2n) is 5.80. The molecule has 4 N–H and O–H groups in total. The highest BCUT2D eigenvalue weighted by atomic mass is 79.9. The number of amides is 1. The van der Waals surface area contributed by atoms with E-state index in [9.17, 15) is 9.90 Å². The molecule has 0 bridgehead atoms. The highest BCUT2D eigenvalue weighted by Crippen LogP contribution is 2.32. The monoisotopic (exact) mass is 362 g/mol. The molecule has 0 heterocycles. The normalized spacial score (nSPS) is 21.7. The summed E-state index contributed by atoms with van der Waals surface area (Å²) in [5, 5.41) is 14.8. The third-order valence-electron chi connectivity index (χ3n) is 4.33. The van der Waals surface area contributed by atoms with Crippen molar-refractivity contribution in [2.45, 2.75) is 37.8 Å². The quantitative estimate of drug-likeness (QED) is 0.718. The van der Waals surface area contributed by atoms with Gasteiger partial charge in [0.05, 0.1) is 23.4 Å². The van der Waals surface area contributed by atoms with Gasteiger partial charge in [-0.05, 0) is 24.3 Å². The Morgan fingerprint density at radius 2 is 1.91 bits per heavy atom. The van der Waals surface area contributed by atoms with E-state index in [1.165, 1.54) is 0 Å². The Morgan fingerprint density at radius 1 is 1.23 bits per heavy atom. The predicted molar refractivity (Wildman–Crippen MR) is 91.8 cm³/mol. The van der Waals surface area contributed by atoms with E-state index in [0.29, 0.717) is 11.3 Å². The lowest BCUT2D eigenvalue weighted by molar-refractivity contribution is 0.0718. The van der Waals surface area contributed by atoms with Crippen LogP contribution in [0.15, 0.2) is 34.8 Å². The van der Waals surface area contributed by atoms with Crippen LogP contribution >= 0.6 is 15.9 Å². The molecule has 0 spiro atoms. The van der Waals surface area contributed by atoms with Crippen molar-refractivity contribution in [1.82, 2.24) is 5.32 Å². The van der Waals surface area contributed by atoms with Crippen LogP contribution in [0, 0.1) is 0 Å². The second-order valence-corrected chi connectivity index (χ2v) is 6.65. The number of nitrogen functional groups attached to an aromatic ring is 1. The topological polar surface area (TPSA) is 75.4 Å². The van der Waals surface area contributed by atoms with E-state index in [1.54, 1.807) is 6.07 Å². The molecule has 116 valence electrons. The van der Waals surface area contributed by atoms with Gasteiger partial charge in [0.2, 0.25) is 0 Å². The predicted octanol–water partition coefficient (Wildman–Crippen LogP) is 3.22. The SMILES string of the molecule is Nc1c(C(=O)NC2CCCCC2O)cc(Br)c2ccccc12. The molecule has 2 unspecified atom stereocenters. The third-order valence-corrected chi connectivity index (χ3v) is 4.98. The van der Waals surface area contributed by atoms with Gasteiger partial charge in [-0.3, -0.25) is 4.79 Å². The summed E-state index contributed by atoms with van der Waals surface area (Å²) in [5.74, 6) is -0.227. The number of anilines is 1. The number of nitrogens with one attached hydrogen (secondary N) is 1. The number of hydrogen-bond donors (Lipinski definition) is 3. The minimum absolute atomic E-state index is 0.189. The molecule has 1 aliphatic rings. The summed E-state index contributed by atoms with van der Waals surface area (Å²) in [4.78, 5) is 12.6. The Morgan fingerprint density at radius 3 is 2.64 bits per heavy atom. The number of hydrogen-bond acceptors (Lipinski definition) is 3. The fourth-order valence-corrected chi connectivity index (χ4v) is 3.64. The van der Waals surface area contributed by atoms with Crippen LogP contribution in [-0.4, -0.2) is 23.2 Å². The van der Waals surface area contributed by atoms with Crippen LogP contribution in [0.1, 0.15) is 36.0 Å². The zero-order chi connectivity index (χ0) is 15.7. The fourth-order valence-electron chi connectivity index (χ4n) is 3.07. The van der Waals surface area contributed by atoms with Crippen molar-refractivity contribution in [3.05, 3.63) is 40.4 Å². The summed E-state index contributed by atoms with van der Waals surface area (Å²) >= 11 is 3.50. The number of aliphatic hydroxyl groups excluding tert-OH is 1. The first-order valence-electron chi connectivity index (χ1n) is 7.53. The molecular formula is C17H19BrN2O2. The molecule has 3 rings (SSSR count). The minimum Gasteiger partial charge on any atom is -0.398 e. The molecule has 0 aliphatic heterocycles. The summed E-state index contributed by atoms with van der Waals surface area (Å²) in [6.07, 6.45) is 3.11. The molecule has 2 aromatic carbocycles. The van der Waals surface area contributed by atoms with Crippen LogP contribution in [0.2, 0.25) is 0 Å². The smallest absolute Gasteiger partial charge is 0.253 e. The van der Waals surface area contributed by atoms with Crippen LogP contribution in [0.3, 0.4) is 0 Å². The molecule has 5 heteroatoms. The van der Waals surface area contributed by atoms with Crippen molar-refractivity contribution >= 4 is 38.3 Å². The molecule has 0 aromatic heterocycles. The second kappa shape index (κ2) is 6.26. The van der Waals surface area contributed by atoms with E-state index < -0.39 is 6.10 Å². The average molecular weight is 363 g/mol. The van der Waals surface area contributed by atoms with Gasteiger partial charge in [-0.1, -0.05) is 53.0 Å². The van der Waals surface area contributed by atoms with Crippen LogP contribution in [-0.2, 0) is 0 Å². The molecule has 22 heavy (non-hydrogen) atoms. The van der Waals surface area contributed by atoms with Gasteiger partial charge in [-0.15, -0.1) is 0 Å². The number of halogens is 1. The highest BCUT2D eigenvalue weighted by Gasteiger charge is 2.26. The standard InChI is InChI=1S/C17H19BrN2O2/c18-13-9-12(16(19)11-6-2-1-5-10(11)13)17(22)20-14-7-3-4-8-15(14)21/h1-2,5-6,9,14-15,21H,3-4,7-8,19H2,(H,20,22). The first-order chi connectivity index (χ1) is 10.6. The van der Waals surface area contributed by atoms with Crippen LogP contribution in [0.4, 0.5) is 5.69 Å². The van der Waals surface area contributed by atoms with Gasteiger partial charge in [-0.25, -0.2) is 0 Å². The van der Waals surface area contributed by atoms with Crippen molar-refractivity contribution in [1.29, 1.82) is 0 Å². The Bertz CT molecular complexity index is 717. The van der Waals surface area contributed by atoms with Crippen LogP contribution in [0.25, 0.3) is 10.8 Å². The van der Waals surface area contributed by atoms with Crippen molar-refractivity contribution in [2.75, 3.05) is 5.73 Å². The van der Waals surface area contributed by atoms with Gasteiger partial charge >= 0.3 is 0 Å². The molecule has 2 aromatic rings. The van der Waals surface area contributed by atoms with E-state index in [-0.39, 0.29) is 11.9 Å². The summed E-state index contributed by atoms with van der Waals surface area (Å²) < 4.78 is 0.839. The van der Waals surface area contributed by atoms with Crippen molar-refractivity contribution in [3.8, 4) is 0 Å². The molecule has 0 radical (unpaired) electrons. The van der Waals surface area contributed by atoms with Gasteiger partial charge in [-0.2, -0.15) is 0 Å². The molecule has 2 atom stereocenters. The van der Waals surface area contributed by atoms with Gasteiger partial charge in [0.15, 0.2) is 0 Å². The van der Waals surface area contributed by atoms with E-state index in [1.807, 2.05) is 24.3 Å². The van der Waals surface area contributed by atoms with Crippen LogP contribution in [0.5, 0.6) is 0 Å². The number of nitrogens with two attached hydrogens (primary N) is 1. The van der Waals surface area contributed by atoms with Gasteiger partial charge < -0.3 is 16.2 Å². The third kappa shape index (κ3) is 2.83. The Balaban J connectivity index is 1.92. The maximum atomic E-state index is 12.6. The number of rotatable bonds is 2. The highest BCUT2D eigenvalue weighted by molar-refractivity contribution is 9.10. The van der Waals surface area contributed by atoms with Gasteiger partial charge in [0, 0.05) is 9.86 Å². The number of carbonyl (C=O) groups is 1. The van der Waals surface area contributed by atoms with Gasteiger partial charge in [0.25, 0.3) is 5.91 Å². The summed E-state index contributed by atoms with van der Waals surface area (Å²) in [5.41, 5.74) is 7.11. The molecule has 1 saturated carbocycles. The van der Waals surface area contributed by atoms with E-state index >= 15 is 0 Å². The van der Waals surface area contributed by atoms with E-state index in [0.717, 1.165) is 40.9 Å². The molecule has 1 amide bonds. The lowest BCUT2D eigenvalue weighted by Crippen LogP contribution is -2.45. The van der Waals surface area contributed by atoms with Crippen LogP contribution < -0.4 is 11.1 Å². The Labute approximate surface area is 137 Å². The summed E-state index contributed by atoms with van der Waals surface area (Å²) in [6, 6.07) is 9.26. The van der Waals surface area contributed by atoms with Crippen molar-refractivity contribution in [2.24, 2.45) is 0 Å². The van der Waals surface area contributed by atoms with Crippen molar-refractivity contribution in [3.63, 3.8) is 0 Å². The molecule has 0 saturated heterocycles. The summed E-state index contributed by atoms with van der Waals surface area (Å²) in [7, 11) is 0. The molecule has 1 fully saturated rings. The first kappa shape index (κ1) is 15.3. The number of carbonyl (C=O) groups excluding carboxylic acids is 1. The molecule has 1 aliphatic carbocycles. The van der Waals surface area contributed by atoms with E-state index in [4.69, 9.17) is 5.73 Å². The number of benzene rings is 2. The van der Waals surface area contributed by atoms with E-state index in [2.05, 4.69) is 21.2 Å². The lowest BCUT2D eigenvalue weighted by atomic mass is 9.92. The average Bonchev–Trinajstić information content (AvgIpc) is 2.53. The fraction of sp³-hybridized carbons (Fsp3) is 0.353. The summed E-state index contributed by atoms with van der Waals surface area (Å²) in [6.45, 7) is 0. The van der Waals surface area contributed by atoms with Gasteiger partial charge in [0.1, 0.15) is 0 Å². The molecular weight excluding hydrogens is 344 g/mol.